The lowest BCUT2D eigenvalue weighted by Gasteiger charge is -1.97. The first kappa shape index (κ1) is 15.0. The Balaban J connectivity index is 0.000000200. The molecule has 0 heterocycles. The van der Waals surface area contributed by atoms with Crippen molar-refractivity contribution >= 4 is 23.4 Å². The first-order chi connectivity index (χ1) is 9.58. The van der Waals surface area contributed by atoms with E-state index in [2.05, 4.69) is 10.6 Å². The van der Waals surface area contributed by atoms with Crippen LogP contribution in [0.15, 0.2) is 60.7 Å². The Morgan fingerprint density at radius 1 is 0.650 bits per heavy atom. The number of urea groups is 2. The average molecular weight is 272 g/mol. The Hall–Kier alpha value is -3.02. The predicted octanol–water partition coefficient (Wildman–Crippen LogP) is 2.35. The third kappa shape index (κ3) is 6.65. The van der Waals surface area contributed by atoms with E-state index in [1.807, 2.05) is 36.4 Å². The van der Waals surface area contributed by atoms with Crippen molar-refractivity contribution in [2.24, 2.45) is 11.5 Å². The second kappa shape index (κ2) is 8.15. The molecule has 0 bridgehead atoms. The summed E-state index contributed by atoms with van der Waals surface area (Å²) in [7, 11) is 0. The lowest BCUT2D eigenvalue weighted by atomic mass is 10.3. The van der Waals surface area contributed by atoms with Crippen molar-refractivity contribution in [3.63, 3.8) is 0 Å². The molecule has 6 nitrogen and oxygen atoms in total. The van der Waals surface area contributed by atoms with E-state index in [0.717, 1.165) is 11.4 Å². The Bertz CT molecular complexity index is 492. The van der Waals surface area contributed by atoms with Crippen LogP contribution in [0, 0.1) is 0 Å². The molecule has 104 valence electrons. The monoisotopic (exact) mass is 272 g/mol. The van der Waals surface area contributed by atoms with Gasteiger partial charge in [-0.05, 0) is 24.3 Å². The van der Waals surface area contributed by atoms with Gasteiger partial charge in [-0.1, -0.05) is 36.4 Å². The SMILES string of the molecule is NC(=O)Nc1ccccc1.NC(=O)Nc1ccccc1. The van der Waals surface area contributed by atoms with Gasteiger partial charge >= 0.3 is 12.1 Å². The van der Waals surface area contributed by atoms with Gasteiger partial charge in [0.2, 0.25) is 0 Å². The molecule has 2 aromatic carbocycles. The van der Waals surface area contributed by atoms with Gasteiger partial charge in [0.25, 0.3) is 0 Å². The smallest absolute Gasteiger partial charge is 0.316 e. The zero-order valence-electron chi connectivity index (χ0n) is 10.7. The fraction of sp³-hybridized carbons (Fsp3) is 0. The summed E-state index contributed by atoms with van der Waals surface area (Å²) < 4.78 is 0. The van der Waals surface area contributed by atoms with E-state index in [1.54, 1.807) is 24.3 Å². The maximum Gasteiger partial charge on any atom is 0.316 e. The van der Waals surface area contributed by atoms with Crippen LogP contribution in [0.25, 0.3) is 0 Å². The minimum absolute atomic E-state index is 0.536. The highest BCUT2D eigenvalue weighted by Crippen LogP contribution is 2.03. The number of carbonyl (C=O) groups is 2. The number of carbonyl (C=O) groups excluding carboxylic acids is 2. The topological polar surface area (TPSA) is 110 Å². The van der Waals surface area contributed by atoms with Crippen LogP contribution in [0.2, 0.25) is 0 Å². The molecule has 0 spiro atoms. The molecule has 0 aliphatic carbocycles. The standard InChI is InChI=1S/2C7H8N2O/c2*8-7(10)9-6-4-2-1-3-5-6/h2*1-5H,(H3,8,9,10). The molecule has 0 radical (unpaired) electrons. The molecule has 2 rings (SSSR count). The normalized spacial score (nSPS) is 8.80. The van der Waals surface area contributed by atoms with Gasteiger partial charge in [0, 0.05) is 11.4 Å². The second-order valence-corrected chi connectivity index (χ2v) is 3.71. The molecule has 0 aliphatic rings. The van der Waals surface area contributed by atoms with Gasteiger partial charge in [0.15, 0.2) is 0 Å². The molecule has 4 amide bonds. The Kier molecular flexibility index (Phi) is 6.13. The highest BCUT2D eigenvalue weighted by atomic mass is 16.2. The summed E-state index contributed by atoms with van der Waals surface area (Å²) >= 11 is 0. The van der Waals surface area contributed by atoms with E-state index in [4.69, 9.17) is 11.5 Å². The number of primary amides is 2. The highest BCUT2D eigenvalue weighted by molar-refractivity contribution is 5.88. The van der Waals surface area contributed by atoms with Gasteiger partial charge in [-0.15, -0.1) is 0 Å². The molecule has 0 saturated heterocycles. The van der Waals surface area contributed by atoms with Crippen LogP contribution in [0.1, 0.15) is 0 Å². The van der Waals surface area contributed by atoms with Crippen LogP contribution in [-0.2, 0) is 0 Å². The van der Waals surface area contributed by atoms with Crippen LogP contribution in [0.5, 0.6) is 0 Å². The second-order valence-electron chi connectivity index (χ2n) is 3.71. The number of anilines is 2. The maximum absolute atomic E-state index is 10.3. The van der Waals surface area contributed by atoms with Crippen LogP contribution in [0.3, 0.4) is 0 Å². The Morgan fingerprint density at radius 2 is 0.950 bits per heavy atom. The molecule has 0 aromatic heterocycles. The van der Waals surface area contributed by atoms with Crippen LogP contribution < -0.4 is 22.1 Å². The summed E-state index contributed by atoms with van der Waals surface area (Å²) in [6.07, 6.45) is 0. The van der Waals surface area contributed by atoms with E-state index < -0.39 is 12.1 Å². The minimum atomic E-state index is -0.536. The van der Waals surface area contributed by atoms with Gasteiger partial charge < -0.3 is 22.1 Å². The first-order valence-electron chi connectivity index (χ1n) is 5.81. The van der Waals surface area contributed by atoms with Crippen molar-refractivity contribution in [3.8, 4) is 0 Å². The molecule has 20 heavy (non-hydrogen) atoms. The summed E-state index contributed by atoms with van der Waals surface area (Å²) in [6.45, 7) is 0. The van der Waals surface area contributed by atoms with Crippen molar-refractivity contribution in [2.75, 3.05) is 10.6 Å². The zero-order valence-corrected chi connectivity index (χ0v) is 10.7. The molecular formula is C14H16N4O2. The van der Waals surface area contributed by atoms with Crippen molar-refractivity contribution in [2.45, 2.75) is 0 Å². The van der Waals surface area contributed by atoms with E-state index in [9.17, 15) is 9.59 Å². The van der Waals surface area contributed by atoms with E-state index in [0.29, 0.717) is 0 Å². The zero-order chi connectivity index (χ0) is 14.8. The summed E-state index contributed by atoms with van der Waals surface area (Å²) in [5.74, 6) is 0. The van der Waals surface area contributed by atoms with Crippen LogP contribution >= 0.6 is 0 Å². The van der Waals surface area contributed by atoms with Gasteiger partial charge in [-0.2, -0.15) is 0 Å². The Morgan fingerprint density at radius 3 is 1.20 bits per heavy atom. The van der Waals surface area contributed by atoms with Crippen molar-refractivity contribution in [1.29, 1.82) is 0 Å². The number of nitrogens with one attached hydrogen (secondary N) is 2. The number of para-hydroxylation sites is 2. The molecule has 0 unspecified atom stereocenters. The Labute approximate surface area is 116 Å². The molecule has 6 N–H and O–H groups in total. The summed E-state index contributed by atoms with van der Waals surface area (Å²) in [6, 6.07) is 17.0. The molecule has 0 fully saturated rings. The van der Waals surface area contributed by atoms with Gasteiger partial charge in [-0.3, -0.25) is 0 Å². The predicted molar refractivity (Wildman–Crippen MR) is 79.3 cm³/mol. The van der Waals surface area contributed by atoms with Gasteiger partial charge in [0.1, 0.15) is 0 Å². The van der Waals surface area contributed by atoms with Crippen molar-refractivity contribution < 1.29 is 9.59 Å². The van der Waals surface area contributed by atoms with E-state index in [1.165, 1.54) is 0 Å². The largest absolute Gasteiger partial charge is 0.351 e. The number of benzene rings is 2. The summed E-state index contributed by atoms with van der Waals surface area (Å²) in [5, 5.41) is 4.89. The molecule has 6 heteroatoms. The van der Waals surface area contributed by atoms with Crippen molar-refractivity contribution in [1.82, 2.24) is 0 Å². The maximum atomic E-state index is 10.3. The fourth-order valence-corrected chi connectivity index (χ4v) is 1.33. The first-order valence-corrected chi connectivity index (χ1v) is 5.81. The van der Waals surface area contributed by atoms with Crippen LogP contribution in [-0.4, -0.2) is 12.1 Å². The van der Waals surface area contributed by atoms with Gasteiger partial charge in [-0.25, -0.2) is 9.59 Å². The quantitative estimate of drug-likeness (QED) is 0.673. The molecule has 0 atom stereocenters. The average Bonchev–Trinajstić information content (AvgIpc) is 2.40. The molecule has 2 aromatic rings. The number of hydrogen-bond donors (Lipinski definition) is 4. The summed E-state index contributed by atoms with van der Waals surface area (Å²) in [5.41, 5.74) is 11.2. The highest BCUT2D eigenvalue weighted by Gasteiger charge is 1.91. The van der Waals surface area contributed by atoms with Crippen LogP contribution in [0.4, 0.5) is 21.0 Å². The molecule has 0 saturated carbocycles. The lowest BCUT2D eigenvalue weighted by Crippen LogP contribution is -2.18. The molecule has 0 aliphatic heterocycles. The summed E-state index contributed by atoms with van der Waals surface area (Å²) in [4.78, 5) is 20.6. The number of nitrogens with two attached hydrogens (primary N) is 2. The number of amides is 4. The van der Waals surface area contributed by atoms with Gasteiger partial charge in [0.05, 0.1) is 0 Å². The van der Waals surface area contributed by atoms with Crippen molar-refractivity contribution in [3.05, 3.63) is 60.7 Å². The lowest BCUT2D eigenvalue weighted by molar-refractivity contribution is 0.258. The van der Waals surface area contributed by atoms with E-state index >= 15 is 0 Å². The third-order valence-corrected chi connectivity index (χ3v) is 2.08. The van der Waals surface area contributed by atoms with E-state index in [-0.39, 0.29) is 0 Å². The molecular weight excluding hydrogens is 256 g/mol. The fourth-order valence-electron chi connectivity index (χ4n) is 1.33. The minimum Gasteiger partial charge on any atom is -0.351 e. The third-order valence-electron chi connectivity index (χ3n) is 2.08. The number of rotatable bonds is 2. The number of hydrogen-bond acceptors (Lipinski definition) is 2.